The Hall–Kier alpha value is -3.42. The monoisotopic (exact) mass is 385 g/mol. The summed E-state index contributed by atoms with van der Waals surface area (Å²) in [5.74, 6) is -1.20. The number of carbonyl (C=O) groups excluding carboxylic acids is 2. The van der Waals surface area contributed by atoms with Gasteiger partial charge in [-0.2, -0.15) is 0 Å². The number of amides is 1. The lowest BCUT2D eigenvalue weighted by Crippen LogP contribution is -2.29. The topological polar surface area (TPSA) is 102 Å². The van der Waals surface area contributed by atoms with Crippen molar-refractivity contribution in [3.8, 4) is 0 Å². The van der Waals surface area contributed by atoms with Crippen molar-refractivity contribution in [1.29, 1.82) is 0 Å². The van der Waals surface area contributed by atoms with E-state index in [2.05, 4.69) is 5.32 Å². The Morgan fingerprint density at radius 2 is 1.86 bits per heavy atom. The van der Waals surface area contributed by atoms with Crippen LogP contribution in [-0.4, -0.2) is 44.0 Å². The van der Waals surface area contributed by atoms with Crippen molar-refractivity contribution in [1.82, 2.24) is 5.32 Å². The lowest BCUT2D eigenvalue weighted by molar-refractivity contribution is -0.384. The third-order valence-corrected chi connectivity index (χ3v) is 4.03. The summed E-state index contributed by atoms with van der Waals surface area (Å²) in [7, 11) is 3.34. The fourth-order valence-corrected chi connectivity index (χ4v) is 2.61. The Labute approximate surface area is 163 Å². The first-order chi connectivity index (χ1) is 13.4. The van der Waals surface area contributed by atoms with Gasteiger partial charge in [-0.05, 0) is 30.5 Å². The van der Waals surface area contributed by atoms with Crippen molar-refractivity contribution in [2.45, 2.75) is 12.8 Å². The summed E-state index contributed by atoms with van der Waals surface area (Å²) in [6.45, 7) is 0.0294. The molecule has 0 spiro atoms. The van der Waals surface area contributed by atoms with Gasteiger partial charge in [-0.15, -0.1) is 0 Å². The molecule has 0 aliphatic rings. The summed E-state index contributed by atoms with van der Waals surface area (Å²) in [6.07, 6.45) is 1.60. The van der Waals surface area contributed by atoms with Crippen molar-refractivity contribution in [2.75, 3.05) is 32.1 Å². The van der Waals surface area contributed by atoms with Gasteiger partial charge in [0.2, 0.25) is 0 Å². The van der Waals surface area contributed by atoms with E-state index in [-0.39, 0.29) is 11.3 Å². The molecule has 2 aromatic carbocycles. The standard InChI is InChI=1S/C20H23N3O5/c1-22(2)17-11-10-16(13-18(17)23(26)27)20(25)28-14-19(24)21-12-6-9-15-7-4-3-5-8-15/h3-5,7-8,10-11,13H,6,9,12,14H2,1-2H3,(H,21,24). The average Bonchev–Trinajstić information content (AvgIpc) is 2.69. The molecule has 1 N–H and O–H groups in total. The molecule has 28 heavy (non-hydrogen) atoms. The van der Waals surface area contributed by atoms with Crippen molar-refractivity contribution >= 4 is 23.3 Å². The quantitative estimate of drug-likeness (QED) is 0.308. The minimum Gasteiger partial charge on any atom is -0.452 e. The van der Waals surface area contributed by atoms with E-state index in [0.717, 1.165) is 18.9 Å². The molecule has 2 rings (SSSR count). The first-order valence-electron chi connectivity index (χ1n) is 8.82. The maximum atomic E-state index is 12.1. The van der Waals surface area contributed by atoms with Crippen LogP contribution in [0.1, 0.15) is 22.3 Å². The lowest BCUT2D eigenvalue weighted by atomic mass is 10.1. The molecule has 0 aliphatic carbocycles. The molecule has 0 unspecified atom stereocenters. The maximum Gasteiger partial charge on any atom is 0.338 e. The van der Waals surface area contributed by atoms with Crippen LogP contribution in [0.15, 0.2) is 48.5 Å². The normalized spacial score (nSPS) is 10.2. The molecule has 0 atom stereocenters. The summed E-state index contributed by atoms with van der Waals surface area (Å²) in [5.41, 5.74) is 1.38. The van der Waals surface area contributed by atoms with Crippen LogP contribution in [0.3, 0.4) is 0 Å². The minimum absolute atomic E-state index is 0.0224. The van der Waals surface area contributed by atoms with Crippen LogP contribution >= 0.6 is 0 Å². The van der Waals surface area contributed by atoms with E-state index in [1.54, 1.807) is 19.0 Å². The van der Waals surface area contributed by atoms with Crippen LogP contribution in [0, 0.1) is 10.1 Å². The SMILES string of the molecule is CN(C)c1ccc(C(=O)OCC(=O)NCCCc2ccccc2)cc1[N+](=O)[O-]. The van der Waals surface area contributed by atoms with E-state index < -0.39 is 23.4 Å². The molecule has 0 saturated carbocycles. The van der Waals surface area contributed by atoms with Crippen LogP contribution in [0.2, 0.25) is 0 Å². The smallest absolute Gasteiger partial charge is 0.338 e. The minimum atomic E-state index is -0.784. The molecule has 2 aromatic rings. The van der Waals surface area contributed by atoms with Gasteiger partial charge in [-0.3, -0.25) is 14.9 Å². The van der Waals surface area contributed by atoms with E-state index >= 15 is 0 Å². The summed E-state index contributed by atoms with van der Waals surface area (Å²) in [4.78, 5) is 36.1. The third-order valence-electron chi connectivity index (χ3n) is 4.03. The maximum absolute atomic E-state index is 12.1. The number of rotatable bonds is 9. The van der Waals surface area contributed by atoms with Gasteiger partial charge in [0.25, 0.3) is 11.6 Å². The van der Waals surface area contributed by atoms with Gasteiger partial charge in [-0.1, -0.05) is 30.3 Å². The Bertz CT molecular complexity index is 837. The molecule has 1 amide bonds. The van der Waals surface area contributed by atoms with Crippen LogP contribution in [-0.2, 0) is 16.0 Å². The zero-order chi connectivity index (χ0) is 20.5. The van der Waals surface area contributed by atoms with E-state index in [1.165, 1.54) is 17.7 Å². The molecule has 0 radical (unpaired) electrons. The molecular weight excluding hydrogens is 362 g/mol. The average molecular weight is 385 g/mol. The van der Waals surface area contributed by atoms with Crippen LogP contribution in [0.4, 0.5) is 11.4 Å². The third kappa shape index (κ3) is 6.08. The number of benzene rings is 2. The second-order valence-electron chi connectivity index (χ2n) is 6.37. The molecule has 0 saturated heterocycles. The van der Waals surface area contributed by atoms with Crippen molar-refractivity contribution < 1.29 is 19.2 Å². The highest BCUT2D eigenvalue weighted by Gasteiger charge is 2.20. The highest BCUT2D eigenvalue weighted by molar-refractivity contribution is 5.93. The zero-order valence-electron chi connectivity index (χ0n) is 15.9. The van der Waals surface area contributed by atoms with Gasteiger partial charge < -0.3 is 15.0 Å². The Balaban J connectivity index is 1.80. The number of nitrogens with zero attached hydrogens (tertiary/aromatic N) is 2. The Morgan fingerprint density at radius 1 is 1.14 bits per heavy atom. The Morgan fingerprint density at radius 3 is 2.50 bits per heavy atom. The summed E-state index contributed by atoms with van der Waals surface area (Å²) in [6, 6.07) is 14.0. The molecule has 0 aliphatic heterocycles. The predicted molar refractivity (Wildman–Crippen MR) is 105 cm³/mol. The van der Waals surface area contributed by atoms with Gasteiger partial charge >= 0.3 is 5.97 Å². The molecule has 0 heterocycles. The number of nitro benzene ring substituents is 1. The number of hydrogen-bond donors (Lipinski definition) is 1. The Kier molecular flexibility index (Phi) is 7.50. The van der Waals surface area contributed by atoms with Crippen LogP contribution < -0.4 is 10.2 Å². The number of esters is 1. The number of anilines is 1. The number of nitro groups is 1. The number of hydrogen-bond acceptors (Lipinski definition) is 6. The van der Waals surface area contributed by atoms with Crippen molar-refractivity contribution in [3.63, 3.8) is 0 Å². The van der Waals surface area contributed by atoms with Crippen LogP contribution in [0.25, 0.3) is 0 Å². The first-order valence-corrected chi connectivity index (χ1v) is 8.82. The molecule has 0 bridgehead atoms. The van der Waals surface area contributed by atoms with E-state index in [1.807, 2.05) is 30.3 Å². The van der Waals surface area contributed by atoms with E-state index in [4.69, 9.17) is 4.74 Å². The lowest BCUT2D eigenvalue weighted by Gasteiger charge is -2.13. The zero-order valence-corrected chi connectivity index (χ0v) is 15.9. The number of aryl methyl sites for hydroxylation is 1. The molecule has 148 valence electrons. The van der Waals surface area contributed by atoms with Gasteiger partial charge in [0.05, 0.1) is 10.5 Å². The number of nitrogens with one attached hydrogen (secondary N) is 1. The van der Waals surface area contributed by atoms with E-state index in [9.17, 15) is 19.7 Å². The fourth-order valence-electron chi connectivity index (χ4n) is 2.61. The summed E-state index contributed by atoms with van der Waals surface area (Å²) >= 11 is 0. The van der Waals surface area contributed by atoms with Crippen LogP contribution in [0.5, 0.6) is 0 Å². The second kappa shape index (κ2) is 10.1. The molecule has 8 heteroatoms. The highest BCUT2D eigenvalue weighted by atomic mass is 16.6. The summed E-state index contributed by atoms with van der Waals surface area (Å²) in [5, 5.41) is 13.9. The molecular formula is C20H23N3O5. The predicted octanol–water partition coefficient (Wildman–Crippen LogP) is 2.57. The van der Waals surface area contributed by atoms with Crippen molar-refractivity contribution in [2.24, 2.45) is 0 Å². The molecule has 8 nitrogen and oxygen atoms in total. The molecule has 0 aromatic heterocycles. The van der Waals surface area contributed by atoms with Gasteiger partial charge in [-0.25, -0.2) is 4.79 Å². The largest absolute Gasteiger partial charge is 0.452 e. The number of carbonyl (C=O) groups is 2. The molecule has 0 fully saturated rings. The van der Waals surface area contributed by atoms with E-state index in [0.29, 0.717) is 12.2 Å². The number of ether oxygens (including phenoxy) is 1. The first kappa shape index (κ1) is 20.9. The highest BCUT2D eigenvalue weighted by Crippen LogP contribution is 2.27. The second-order valence-corrected chi connectivity index (χ2v) is 6.37. The fraction of sp³-hybridized carbons (Fsp3) is 0.300. The van der Waals surface area contributed by atoms with Gasteiger partial charge in [0.15, 0.2) is 6.61 Å². The summed E-state index contributed by atoms with van der Waals surface area (Å²) < 4.78 is 4.95. The van der Waals surface area contributed by atoms with Gasteiger partial charge in [0, 0.05) is 26.7 Å². The van der Waals surface area contributed by atoms with Gasteiger partial charge in [0.1, 0.15) is 5.69 Å². The van der Waals surface area contributed by atoms with Crippen molar-refractivity contribution in [3.05, 3.63) is 69.8 Å².